The van der Waals surface area contributed by atoms with Gasteiger partial charge in [0.2, 0.25) is 10.0 Å². The molecule has 0 bridgehead atoms. The molecule has 10 heteroatoms. The maximum Gasteiger partial charge on any atom is 0.238 e. The van der Waals surface area contributed by atoms with Gasteiger partial charge < -0.3 is 15.1 Å². The molecule has 2 aliphatic rings. The van der Waals surface area contributed by atoms with Gasteiger partial charge >= 0.3 is 0 Å². The molecule has 0 amide bonds. The first-order chi connectivity index (χ1) is 14.9. The van der Waals surface area contributed by atoms with E-state index in [1.165, 1.54) is 25.0 Å². The van der Waals surface area contributed by atoms with Crippen molar-refractivity contribution in [2.75, 3.05) is 13.1 Å². The molecule has 0 spiro atoms. The maximum absolute atomic E-state index is 11.4. The van der Waals surface area contributed by atoms with Crippen LogP contribution in [-0.4, -0.2) is 50.5 Å². The van der Waals surface area contributed by atoms with Crippen molar-refractivity contribution in [3.63, 3.8) is 0 Å². The molecule has 176 valence electrons. The van der Waals surface area contributed by atoms with E-state index in [-0.39, 0.29) is 28.9 Å². The number of aliphatic imine (C=N–C) groups is 1. The summed E-state index contributed by atoms with van der Waals surface area (Å²) in [6.45, 7) is 4.48. The molecule has 2 unspecified atom stereocenters. The molecule has 8 nitrogen and oxygen atoms in total. The van der Waals surface area contributed by atoms with Gasteiger partial charge in [-0.05, 0) is 56.0 Å². The van der Waals surface area contributed by atoms with E-state index in [9.17, 15) is 8.42 Å². The Labute approximate surface area is 207 Å². The fourth-order valence-corrected chi connectivity index (χ4v) is 4.65. The molecule has 32 heavy (non-hydrogen) atoms. The molecule has 1 saturated heterocycles. The minimum atomic E-state index is -3.69. The van der Waals surface area contributed by atoms with Gasteiger partial charge in [-0.25, -0.2) is 18.5 Å². The number of nitrogens with two attached hydrogens (primary N) is 1. The average molecular weight is 574 g/mol. The van der Waals surface area contributed by atoms with Crippen LogP contribution >= 0.6 is 24.0 Å². The number of sulfonamides is 1. The lowest BCUT2D eigenvalue weighted by molar-refractivity contribution is 0.256. The standard InChI is InChI=1S/C22H31N5O3S.HI/c1-16-13-18(15-27(16)19-6-7-19)26-22(24-11-10-20-3-2-12-30-20)25-14-17-4-8-21(9-5-17)31(23,28)29;/h2-5,8-9,12,16,18-19H,6-7,10-11,13-15H2,1H3,(H2,23,28,29)(H2,24,25,26);1H. The third-order valence-electron chi connectivity index (χ3n) is 5.90. The minimum Gasteiger partial charge on any atom is -0.469 e. The highest BCUT2D eigenvalue weighted by Gasteiger charge is 2.38. The van der Waals surface area contributed by atoms with Gasteiger partial charge in [0, 0.05) is 37.6 Å². The first-order valence-electron chi connectivity index (χ1n) is 10.8. The molecular weight excluding hydrogens is 541 g/mol. The summed E-state index contributed by atoms with van der Waals surface area (Å²) in [5.74, 6) is 1.69. The van der Waals surface area contributed by atoms with Crippen molar-refractivity contribution in [3.8, 4) is 0 Å². The summed E-state index contributed by atoms with van der Waals surface area (Å²) in [5.41, 5.74) is 0.916. The lowest BCUT2D eigenvalue weighted by Crippen LogP contribution is -2.45. The average Bonchev–Trinajstić information content (AvgIpc) is 3.31. The predicted octanol–water partition coefficient (Wildman–Crippen LogP) is 2.45. The van der Waals surface area contributed by atoms with Gasteiger partial charge in [-0.1, -0.05) is 12.1 Å². The number of hydrogen-bond acceptors (Lipinski definition) is 5. The number of furan rings is 1. The normalized spacial score (nSPS) is 21.9. The lowest BCUT2D eigenvalue weighted by atomic mass is 10.2. The molecule has 1 aliphatic heterocycles. The Balaban J connectivity index is 0.00000289. The van der Waals surface area contributed by atoms with Crippen molar-refractivity contribution in [2.24, 2.45) is 10.1 Å². The topological polar surface area (TPSA) is 113 Å². The fourth-order valence-electron chi connectivity index (χ4n) is 4.14. The third-order valence-corrected chi connectivity index (χ3v) is 6.82. The molecule has 1 aromatic heterocycles. The molecular formula is C22H32IN5O3S. The van der Waals surface area contributed by atoms with Crippen LogP contribution in [0.3, 0.4) is 0 Å². The van der Waals surface area contributed by atoms with E-state index >= 15 is 0 Å². The molecule has 2 atom stereocenters. The van der Waals surface area contributed by atoms with E-state index in [1.807, 2.05) is 12.1 Å². The Kier molecular flexibility index (Phi) is 8.59. The van der Waals surface area contributed by atoms with Gasteiger partial charge in [0.1, 0.15) is 5.76 Å². The van der Waals surface area contributed by atoms with E-state index in [2.05, 4.69) is 22.5 Å². The predicted molar refractivity (Wildman–Crippen MR) is 136 cm³/mol. The second-order valence-corrected chi connectivity index (χ2v) is 10.0. The highest BCUT2D eigenvalue weighted by Crippen LogP contribution is 2.33. The van der Waals surface area contributed by atoms with E-state index in [0.29, 0.717) is 25.2 Å². The zero-order valence-corrected chi connectivity index (χ0v) is 21.4. The Bertz CT molecular complexity index is 991. The van der Waals surface area contributed by atoms with Crippen LogP contribution in [0.4, 0.5) is 0 Å². The van der Waals surface area contributed by atoms with Crippen LogP contribution < -0.4 is 15.8 Å². The zero-order valence-electron chi connectivity index (χ0n) is 18.2. The molecule has 2 aromatic rings. The Morgan fingerprint density at radius 3 is 2.62 bits per heavy atom. The van der Waals surface area contributed by atoms with Gasteiger partial charge in [-0.2, -0.15) is 0 Å². The van der Waals surface area contributed by atoms with Crippen molar-refractivity contribution in [2.45, 2.75) is 62.2 Å². The molecule has 0 radical (unpaired) electrons. The van der Waals surface area contributed by atoms with Crippen LogP contribution in [0.1, 0.15) is 37.5 Å². The summed E-state index contributed by atoms with van der Waals surface area (Å²) in [7, 11) is -3.69. The molecule has 4 N–H and O–H groups in total. The zero-order chi connectivity index (χ0) is 21.8. The van der Waals surface area contributed by atoms with Crippen molar-refractivity contribution in [1.29, 1.82) is 0 Å². The fraction of sp³-hybridized carbons (Fsp3) is 0.500. The van der Waals surface area contributed by atoms with Gasteiger partial charge in [0.25, 0.3) is 0 Å². The van der Waals surface area contributed by atoms with Gasteiger partial charge in [0.05, 0.1) is 17.7 Å². The monoisotopic (exact) mass is 573 g/mol. The smallest absolute Gasteiger partial charge is 0.238 e. The molecule has 1 aliphatic carbocycles. The second-order valence-electron chi connectivity index (χ2n) is 8.46. The van der Waals surface area contributed by atoms with Gasteiger partial charge in [-0.3, -0.25) is 4.90 Å². The largest absolute Gasteiger partial charge is 0.469 e. The summed E-state index contributed by atoms with van der Waals surface area (Å²) >= 11 is 0. The van der Waals surface area contributed by atoms with Crippen molar-refractivity contribution < 1.29 is 12.8 Å². The number of rotatable bonds is 8. The molecule has 4 rings (SSSR count). The Morgan fingerprint density at radius 2 is 2.00 bits per heavy atom. The summed E-state index contributed by atoms with van der Waals surface area (Å²) in [6, 6.07) is 12.1. The quantitative estimate of drug-likeness (QED) is 0.254. The van der Waals surface area contributed by atoms with Gasteiger partial charge in [0.15, 0.2) is 5.96 Å². The van der Waals surface area contributed by atoms with Crippen LogP contribution in [-0.2, 0) is 23.0 Å². The second kappa shape index (κ2) is 11.0. The molecule has 2 fully saturated rings. The van der Waals surface area contributed by atoms with E-state index in [4.69, 9.17) is 14.5 Å². The maximum atomic E-state index is 11.4. The highest BCUT2D eigenvalue weighted by molar-refractivity contribution is 14.0. The molecule has 1 saturated carbocycles. The van der Waals surface area contributed by atoms with Crippen molar-refractivity contribution >= 4 is 40.0 Å². The van der Waals surface area contributed by atoms with E-state index < -0.39 is 10.0 Å². The summed E-state index contributed by atoms with van der Waals surface area (Å²) < 4.78 is 28.3. The summed E-state index contributed by atoms with van der Waals surface area (Å²) in [6.07, 6.45) is 6.17. The number of primary sulfonamides is 1. The van der Waals surface area contributed by atoms with Crippen molar-refractivity contribution in [1.82, 2.24) is 15.5 Å². The van der Waals surface area contributed by atoms with E-state index in [0.717, 1.165) is 42.7 Å². The number of hydrogen-bond donors (Lipinski definition) is 3. The molecule has 1 aromatic carbocycles. The number of likely N-dealkylation sites (tertiary alicyclic amines) is 1. The van der Waals surface area contributed by atoms with Crippen molar-refractivity contribution in [3.05, 3.63) is 54.0 Å². The van der Waals surface area contributed by atoms with Gasteiger partial charge in [-0.15, -0.1) is 24.0 Å². The third kappa shape index (κ3) is 6.93. The summed E-state index contributed by atoms with van der Waals surface area (Å²) in [4.78, 5) is 7.45. The van der Waals surface area contributed by atoms with Crippen LogP contribution in [0, 0.1) is 0 Å². The Morgan fingerprint density at radius 1 is 1.25 bits per heavy atom. The number of nitrogens with one attached hydrogen (secondary N) is 2. The first-order valence-corrected chi connectivity index (χ1v) is 12.4. The Hall–Kier alpha value is -1.63. The number of benzene rings is 1. The van der Waals surface area contributed by atoms with Crippen LogP contribution in [0.5, 0.6) is 0 Å². The SMILES string of the molecule is CC1CC(NC(=NCc2ccc(S(N)(=O)=O)cc2)NCCc2ccco2)CN1C1CC1.I. The first kappa shape index (κ1) is 25.0. The summed E-state index contributed by atoms with van der Waals surface area (Å²) in [5, 5.41) is 12.2. The molecule has 2 heterocycles. The van der Waals surface area contributed by atoms with Crippen LogP contribution in [0.15, 0.2) is 57.0 Å². The number of nitrogens with zero attached hydrogens (tertiary/aromatic N) is 2. The minimum absolute atomic E-state index is 0. The number of halogens is 1. The van der Waals surface area contributed by atoms with E-state index in [1.54, 1.807) is 18.4 Å². The van der Waals surface area contributed by atoms with Crippen LogP contribution in [0.25, 0.3) is 0 Å². The highest BCUT2D eigenvalue weighted by atomic mass is 127. The van der Waals surface area contributed by atoms with Crippen LogP contribution in [0.2, 0.25) is 0 Å². The lowest BCUT2D eigenvalue weighted by Gasteiger charge is -2.20. The number of guanidine groups is 1.